The highest BCUT2D eigenvalue weighted by Crippen LogP contribution is 2.33. The van der Waals surface area contributed by atoms with E-state index in [0.29, 0.717) is 19.3 Å². The van der Waals surface area contributed by atoms with Crippen molar-refractivity contribution in [2.24, 2.45) is 11.8 Å². The van der Waals surface area contributed by atoms with E-state index >= 15 is 0 Å². The molecule has 3 heteroatoms. The maximum atomic E-state index is 11.6. The van der Waals surface area contributed by atoms with Gasteiger partial charge in [-0.2, -0.15) is 0 Å². The predicted octanol–water partition coefficient (Wildman–Crippen LogP) is 1.95. The van der Waals surface area contributed by atoms with Gasteiger partial charge in [0.25, 0.3) is 0 Å². The van der Waals surface area contributed by atoms with Crippen LogP contribution >= 0.6 is 0 Å². The van der Waals surface area contributed by atoms with Crippen LogP contribution < -0.4 is 0 Å². The van der Waals surface area contributed by atoms with Crippen molar-refractivity contribution in [1.29, 1.82) is 0 Å². The third kappa shape index (κ3) is 3.37. The fourth-order valence-electron chi connectivity index (χ4n) is 2.11. The summed E-state index contributed by atoms with van der Waals surface area (Å²) in [7, 11) is 1.38. The molecule has 0 bridgehead atoms. The van der Waals surface area contributed by atoms with Crippen molar-refractivity contribution < 1.29 is 14.3 Å². The van der Waals surface area contributed by atoms with Gasteiger partial charge in [-0.15, -0.1) is 11.8 Å². The van der Waals surface area contributed by atoms with Gasteiger partial charge < -0.3 is 4.74 Å². The van der Waals surface area contributed by atoms with Gasteiger partial charge in [0.05, 0.1) is 7.11 Å². The van der Waals surface area contributed by atoms with E-state index in [-0.39, 0.29) is 23.6 Å². The molecule has 1 aliphatic rings. The summed E-state index contributed by atoms with van der Waals surface area (Å²) < 4.78 is 4.64. The molecule has 0 aromatic heterocycles. The number of hydrogen-bond acceptors (Lipinski definition) is 3. The minimum absolute atomic E-state index is 0.0573. The van der Waals surface area contributed by atoms with Gasteiger partial charge in [-0.1, -0.05) is 6.92 Å². The Morgan fingerprint density at radius 2 is 2.25 bits per heavy atom. The lowest BCUT2D eigenvalue weighted by Crippen LogP contribution is -2.18. The topological polar surface area (TPSA) is 43.4 Å². The Balaban J connectivity index is 2.55. The molecule has 1 aliphatic carbocycles. The maximum absolute atomic E-state index is 11.6. The van der Waals surface area contributed by atoms with Gasteiger partial charge in [0.2, 0.25) is 0 Å². The fourth-order valence-corrected chi connectivity index (χ4v) is 2.11. The molecule has 1 fully saturated rings. The molecule has 0 radical (unpaired) electrons. The van der Waals surface area contributed by atoms with Crippen molar-refractivity contribution in [3.05, 3.63) is 0 Å². The summed E-state index contributed by atoms with van der Waals surface area (Å²) >= 11 is 0. The van der Waals surface area contributed by atoms with Crippen molar-refractivity contribution in [3.63, 3.8) is 0 Å². The van der Waals surface area contributed by atoms with E-state index in [4.69, 9.17) is 0 Å². The van der Waals surface area contributed by atoms with Gasteiger partial charge in [-0.3, -0.25) is 9.59 Å². The number of ketones is 1. The number of methoxy groups -OCH3 is 1. The summed E-state index contributed by atoms with van der Waals surface area (Å²) in [6, 6.07) is 0. The van der Waals surface area contributed by atoms with Gasteiger partial charge in [0.15, 0.2) is 0 Å². The van der Waals surface area contributed by atoms with E-state index in [0.717, 1.165) is 12.8 Å². The summed E-state index contributed by atoms with van der Waals surface area (Å²) in [6.45, 7) is 1.98. The van der Waals surface area contributed by atoms with Gasteiger partial charge in [-0.25, -0.2) is 0 Å². The summed E-state index contributed by atoms with van der Waals surface area (Å²) in [5, 5.41) is 0. The van der Waals surface area contributed by atoms with Crippen molar-refractivity contribution >= 4 is 11.8 Å². The molecule has 16 heavy (non-hydrogen) atoms. The van der Waals surface area contributed by atoms with E-state index < -0.39 is 0 Å². The average Bonchev–Trinajstić information content (AvgIpc) is 2.61. The molecule has 0 aromatic carbocycles. The van der Waals surface area contributed by atoms with Crippen LogP contribution in [0.3, 0.4) is 0 Å². The van der Waals surface area contributed by atoms with Crippen LogP contribution in [0, 0.1) is 23.7 Å². The second kappa shape index (κ2) is 6.32. The Morgan fingerprint density at radius 1 is 1.50 bits per heavy atom. The molecule has 88 valence electrons. The standard InChI is InChI=1S/C13H18O3/c1-3-4-5-6-11-10(7-8-12(11)14)9-13(15)16-2/h10-11H,3,6-9H2,1-2H3/t10-,11-/m0/s1. The molecule has 0 unspecified atom stereocenters. The van der Waals surface area contributed by atoms with Crippen LogP contribution in [-0.2, 0) is 14.3 Å². The molecule has 2 atom stereocenters. The van der Waals surface area contributed by atoms with Crippen LogP contribution in [0.4, 0.5) is 0 Å². The van der Waals surface area contributed by atoms with E-state index in [2.05, 4.69) is 16.6 Å². The average molecular weight is 222 g/mol. The van der Waals surface area contributed by atoms with Crippen molar-refractivity contribution in [1.82, 2.24) is 0 Å². The molecule has 3 nitrogen and oxygen atoms in total. The van der Waals surface area contributed by atoms with Crippen LogP contribution in [0.2, 0.25) is 0 Å². The first-order valence-electron chi connectivity index (χ1n) is 5.74. The van der Waals surface area contributed by atoms with Crippen LogP contribution in [-0.4, -0.2) is 18.9 Å². The summed E-state index contributed by atoms with van der Waals surface area (Å²) in [4.78, 5) is 22.8. The van der Waals surface area contributed by atoms with Crippen molar-refractivity contribution in [2.75, 3.05) is 7.11 Å². The van der Waals surface area contributed by atoms with Gasteiger partial charge in [0.1, 0.15) is 5.78 Å². The lowest BCUT2D eigenvalue weighted by atomic mass is 9.90. The molecular formula is C13H18O3. The Kier molecular flexibility index (Phi) is 5.04. The summed E-state index contributed by atoms with van der Waals surface area (Å²) in [5.74, 6) is 6.07. The smallest absolute Gasteiger partial charge is 0.305 e. The minimum Gasteiger partial charge on any atom is -0.469 e. The van der Waals surface area contributed by atoms with Crippen LogP contribution in [0.1, 0.15) is 39.0 Å². The predicted molar refractivity (Wildman–Crippen MR) is 60.5 cm³/mol. The Morgan fingerprint density at radius 3 is 2.88 bits per heavy atom. The van der Waals surface area contributed by atoms with Crippen LogP contribution in [0.25, 0.3) is 0 Å². The Bertz CT molecular complexity index is 322. The SMILES string of the molecule is CCC#CC[C@@H]1C(=O)CC[C@H]1CC(=O)OC. The Hall–Kier alpha value is -1.30. The highest BCUT2D eigenvalue weighted by atomic mass is 16.5. The van der Waals surface area contributed by atoms with Gasteiger partial charge >= 0.3 is 5.97 Å². The largest absolute Gasteiger partial charge is 0.469 e. The second-order valence-electron chi connectivity index (χ2n) is 4.06. The number of ether oxygens (including phenoxy) is 1. The first kappa shape index (κ1) is 12.8. The zero-order valence-electron chi connectivity index (χ0n) is 9.91. The fraction of sp³-hybridized carbons (Fsp3) is 0.692. The molecule has 0 aromatic rings. The molecule has 1 saturated carbocycles. The minimum atomic E-state index is -0.229. The van der Waals surface area contributed by atoms with Gasteiger partial charge in [0, 0.05) is 31.6 Å². The zero-order valence-corrected chi connectivity index (χ0v) is 9.91. The molecular weight excluding hydrogens is 204 g/mol. The quantitative estimate of drug-likeness (QED) is 0.541. The molecule has 0 heterocycles. The van der Waals surface area contributed by atoms with E-state index in [1.54, 1.807) is 0 Å². The number of carbonyl (C=O) groups excluding carboxylic acids is 2. The molecule has 0 aliphatic heterocycles. The number of Topliss-reactive ketones (excluding diaryl/α,β-unsaturated/α-hetero) is 1. The third-order valence-electron chi connectivity index (χ3n) is 3.02. The first-order chi connectivity index (χ1) is 7.69. The first-order valence-corrected chi connectivity index (χ1v) is 5.74. The Labute approximate surface area is 96.5 Å². The monoisotopic (exact) mass is 222 g/mol. The number of carbonyl (C=O) groups is 2. The highest BCUT2D eigenvalue weighted by Gasteiger charge is 2.35. The molecule has 0 N–H and O–H groups in total. The number of esters is 1. The lowest BCUT2D eigenvalue weighted by molar-refractivity contribution is -0.142. The van der Waals surface area contributed by atoms with Crippen LogP contribution in [0.5, 0.6) is 0 Å². The summed E-state index contributed by atoms with van der Waals surface area (Å²) in [5.41, 5.74) is 0. The van der Waals surface area contributed by atoms with E-state index in [1.807, 2.05) is 6.92 Å². The van der Waals surface area contributed by atoms with E-state index in [1.165, 1.54) is 7.11 Å². The normalized spacial score (nSPS) is 23.8. The number of rotatable bonds is 3. The molecule has 0 amide bonds. The highest BCUT2D eigenvalue weighted by molar-refractivity contribution is 5.84. The van der Waals surface area contributed by atoms with Crippen LogP contribution in [0.15, 0.2) is 0 Å². The molecule has 0 spiro atoms. The van der Waals surface area contributed by atoms with Crippen molar-refractivity contribution in [2.45, 2.75) is 39.0 Å². The lowest BCUT2D eigenvalue weighted by Gasteiger charge is -2.14. The summed E-state index contributed by atoms with van der Waals surface area (Å²) in [6.07, 6.45) is 3.13. The van der Waals surface area contributed by atoms with Gasteiger partial charge in [-0.05, 0) is 12.3 Å². The van der Waals surface area contributed by atoms with E-state index in [9.17, 15) is 9.59 Å². The molecule has 0 saturated heterocycles. The number of hydrogen-bond donors (Lipinski definition) is 0. The third-order valence-corrected chi connectivity index (χ3v) is 3.02. The van der Waals surface area contributed by atoms with Crippen molar-refractivity contribution in [3.8, 4) is 11.8 Å². The second-order valence-corrected chi connectivity index (χ2v) is 4.06. The maximum Gasteiger partial charge on any atom is 0.305 e. The zero-order chi connectivity index (χ0) is 12.0. The molecule has 1 rings (SSSR count).